The standard InChI is InChI=1S/C18H22F2N4O2/c1-12(15-4-3-14(19)7-16(15)20)22-18(25)11-24-5-6-26-17(10-24)13-8-21-23(2)9-13/h3-4,7-9,12,17H,5-6,10-11H2,1-2H3,(H,22,25). The molecule has 0 bridgehead atoms. The maximum atomic E-state index is 13.8. The lowest BCUT2D eigenvalue weighted by Gasteiger charge is -2.32. The molecular formula is C18H22F2N4O2. The van der Waals surface area contributed by atoms with Crippen LogP contribution in [0.25, 0.3) is 0 Å². The molecule has 2 atom stereocenters. The van der Waals surface area contributed by atoms with Gasteiger partial charge in [-0.1, -0.05) is 6.07 Å². The monoisotopic (exact) mass is 364 g/mol. The number of carbonyl (C=O) groups excluding carboxylic acids is 1. The number of nitrogens with one attached hydrogen (secondary N) is 1. The van der Waals surface area contributed by atoms with E-state index in [2.05, 4.69) is 10.4 Å². The number of ether oxygens (including phenoxy) is 1. The third kappa shape index (κ3) is 4.44. The highest BCUT2D eigenvalue weighted by atomic mass is 19.1. The summed E-state index contributed by atoms with van der Waals surface area (Å²) in [4.78, 5) is 14.3. The first-order valence-corrected chi connectivity index (χ1v) is 8.49. The van der Waals surface area contributed by atoms with Crippen LogP contribution in [0.2, 0.25) is 0 Å². The van der Waals surface area contributed by atoms with Crippen molar-refractivity contribution in [3.05, 3.63) is 53.4 Å². The number of benzene rings is 1. The molecule has 140 valence electrons. The topological polar surface area (TPSA) is 59.4 Å². The highest BCUT2D eigenvalue weighted by molar-refractivity contribution is 5.78. The molecule has 8 heteroatoms. The third-order valence-electron chi connectivity index (χ3n) is 4.42. The highest BCUT2D eigenvalue weighted by Crippen LogP contribution is 2.22. The number of hydrogen-bond acceptors (Lipinski definition) is 4. The third-order valence-corrected chi connectivity index (χ3v) is 4.42. The van der Waals surface area contributed by atoms with Gasteiger partial charge in [0, 0.05) is 43.5 Å². The Balaban J connectivity index is 1.55. The van der Waals surface area contributed by atoms with Crippen molar-refractivity contribution in [1.82, 2.24) is 20.0 Å². The first kappa shape index (κ1) is 18.5. The highest BCUT2D eigenvalue weighted by Gasteiger charge is 2.25. The van der Waals surface area contributed by atoms with Crippen molar-refractivity contribution in [2.45, 2.75) is 19.1 Å². The summed E-state index contributed by atoms with van der Waals surface area (Å²) in [5.74, 6) is -1.52. The second-order valence-electron chi connectivity index (χ2n) is 6.50. The first-order chi connectivity index (χ1) is 12.4. The Hall–Kier alpha value is -2.32. The number of nitrogens with zero attached hydrogens (tertiary/aromatic N) is 3. The molecule has 1 aliphatic heterocycles. The van der Waals surface area contributed by atoms with Crippen LogP contribution in [0.3, 0.4) is 0 Å². The Labute approximate surface area is 150 Å². The summed E-state index contributed by atoms with van der Waals surface area (Å²) >= 11 is 0. The van der Waals surface area contributed by atoms with E-state index in [1.54, 1.807) is 17.8 Å². The van der Waals surface area contributed by atoms with Crippen molar-refractivity contribution in [3.8, 4) is 0 Å². The summed E-state index contributed by atoms with van der Waals surface area (Å²) < 4.78 is 34.3. The van der Waals surface area contributed by atoms with Gasteiger partial charge < -0.3 is 10.1 Å². The van der Waals surface area contributed by atoms with E-state index in [-0.39, 0.29) is 24.1 Å². The summed E-state index contributed by atoms with van der Waals surface area (Å²) in [6.07, 6.45) is 3.53. The number of amides is 1. The zero-order valence-electron chi connectivity index (χ0n) is 14.8. The molecule has 1 aromatic carbocycles. The van der Waals surface area contributed by atoms with E-state index in [1.807, 2.05) is 18.1 Å². The molecule has 1 aliphatic rings. The van der Waals surface area contributed by atoms with Gasteiger partial charge in [-0.25, -0.2) is 8.78 Å². The van der Waals surface area contributed by atoms with Crippen LogP contribution in [-0.4, -0.2) is 46.8 Å². The van der Waals surface area contributed by atoms with E-state index in [0.717, 1.165) is 11.6 Å². The lowest BCUT2D eigenvalue weighted by Crippen LogP contribution is -2.44. The van der Waals surface area contributed by atoms with Crippen LogP contribution >= 0.6 is 0 Å². The van der Waals surface area contributed by atoms with Gasteiger partial charge in [-0.05, 0) is 13.0 Å². The van der Waals surface area contributed by atoms with Crippen molar-refractivity contribution in [1.29, 1.82) is 0 Å². The normalized spacial score (nSPS) is 19.3. The van der Waals surface area contributed by atoms with Crippen molar-refractivity contribution >= 4 is 5.91 Å². The fraction of sp³-hybridized carbons (Fsp3) is 0.444. The molecule has 2 unspecified atom stereocenters. The average molecular weight is 364 g/mol. The van der Waals surface area contributed by atoms with E-state index >= 15 is 0 Å². The Morgan fingerprint density at radius 1 is 1.46 bits per heavy atom. The number of rotatable bonds is 5. The number of halogens is 2. The molecule has 0 aliphatic carbocycles. The van der Waals surface area contributed by atoms with Crippen LogP contribution in [0.5, 0.6) is 0 Å². The Kier molecular flexibility index (Phi) is 5.63. The first-order valence-electron chi connectivity index (χ1n) is 8.49. The molecule has 3 rings (SSSR count). The molecule has 26 heavy (non-hydrogen) atoms. The van der Waals surface area contributed by atoms with Gasteiger partial charge in [0.05, 0.1) is 31.5 Å². The summed E-state index contributed by atoms with van der Waals surface area (Å²) in [7, 11) is 1.84. The van der Waals surface area contributed by atoms with Crippen LogP contribution < -0.4 is 5.32 Å². The van der Waals surface area contributed by atoms with Crippen LogP contribution in [0, 0.1) is 11.6 Å². The Bertz CT molecular complexity index is 780. The van der Waals surface area contributed by atoms with Crippen LogP contribution in [0.4, 0.5) is 8.78 Å². The SMILES string of the molecule is CC(NC(=O)CN1CCOC(c2cnn(C)c2)C1)c1ccc(F)cc1F. The second-order valence-corrected chi connectivity index (χ2v) is 6.50. The minimum atomic E-state index is -0.666. The number of carbonyl (C=O) groups is 1. The van der Waals surface area contributed by atoms with E-state index in [4.69, 9.17) is 4.74 Å². The zero-order chi connectivity index (χ0) is 18.7. The molecular weight excluding hydrogens is 342 g/mol. The van der Waals surface area contributed by atoms with Gasteiger partial charge >= 0.3 is 0 Å². The number of aryl methyl sites for hydroxylation is 1. The Morgan fingerprint density at radius 2 is 2.27 bits per heavy atom. The molecule has 1 saturated heterocycles. The van der Waals surface area contributed by atoms with E-state index in [9.17, 15) is 13.6 Å². The molecule has 6 nitrogen and oxygen atoms in total. The van der Waals surface area contributed by atoms with Gasteiger partial charge in [-0.2, -0.15) is 5.10 Å². The van der Waals surface area contributed by atoms with Crippen LogP contribution in [-0.2, 0) is 16.6 Å². The van der Waals surface area contributed by atoms with Crippen LogP contribution in [0.1, 0.15) is 30.2 Å². The summed E-state index contributed by atoms with van der Waals surface area (Å²) in [6.45, 7) is 3.61. The largest absolute Gasteiger partial charge is 0.371 e. The molecule has 0 radical (unpaired) electrons. The van der Waals surface area contributed by atoms with Crippen molar-refractivity contribution < 1.29 is 18.3 Å². The quantitative estimate of drug-likeness (QED) is 0.881. The predicted octanol–water partition coefficient (Wildman–Crippen LogP) is 1.95. The molecule has 1 fully saturated rings. The number of morpholine rings is 1. The van der Waals surface area contributed by atoms with Crippen molar-refractivity contribution in [2.24, 2.45) is 7.05 Å². The molecule has 1 aromatic heterocycles. The minimum Gasteiger partial charge on any atom is -0.371 e. The fourth-order valence-electron chi connectivity index (χ4n) is 3.07. The average Bonchev–Trinajstić information content (AvgIpc) is 3.01. The zero-order valence-corrected chi connectivity index (χ0v) is 14.8. The molecule has 1 N–H and O–H groups in total. The van der Waals surface area contributed by atoms with E-state index in [1.165, 1.54) is 12.1 Å². The van der Waals surface area contributed by atoms with Gasteiger partial charge in [0.25, 0.3) is 0 Å². The molecule has 0 spiro atoms. The molecule has 2 heterocycles. The molecule has 1 amide bonds. The van der Waals surface area contributed by atoms with Gasteiger partial charge in [-0.15, -0.1) is 0 Å². The maximum Gasteiger partial charge on any atom is 0.234 e. The fourth-order valence-corrected chi connectivity index (χ4v) is 3.07. The van der Waals surface area contributed by atoms with Gasteiger partial charge in [0.1, 0.15) is 11.6 Å². The number of hydrogen-bond donors (Lipinski definition) is 1. The van der Waals surface area contributed by atoms with Crippen LogP contribution in [0.15, 0.2) is 30.6 Å². The summed E-state index contributed by atoms with van der Waals surface area (Å²) in [6, 6.07) is 2.81. The van der Waals surface area contributed by atoms with Crippen molar-refractivity contribution in [3.63, 3.8) is 0 Å². The lowest BCUT2D eigenvalue weighted by atomic mass is 10.1. The maximum absolute atomic E-state index is 13.8. The predicted molar refractivity (Wildman–Crippen MR) is 91.3 cm³/mol. The van der Waals surface area contributed by atoms with Crippen molar-refractivity contribution in [2.75, 3.05) is 26.2 Å². The van der Waals surface area contributed by atoms with E-state index in [0.29, 0.717) is 19.7 Å². The van der Waals surface area contributed by atoms with Gasteiger partial charge in [0.15, 0.2) is 0 Å². The second kappa shape index (κ2) is 7.92. The van der Waals surface area contributed by atoms with Gasteiger partial charge in [-0.3, -0.25) is 14.4 Å². The van der Waals surface area contributed by atoms with E-state index < -0.39 is 17.7 Å². The van der Waals surface area contributed by atoms with Gasteiger partial charge in [0.2, 0.25) is 5.91 Å². The minimum absolute atomic E-state index is 0.128. The molecule has 0 saturated carbocycles. The Morgan fingerprint density at radius 3 is 2.96 bits per heavy atom. The molecule has 2 aromatic rings. The summed E-state index contributed by atoms with van der Waals surface area (Å²) in [5, 5.41) is 6.90. The lowest BCUT2D eigenvalue weighted by molar-refractivity contribution is -0.125. The smallest absolute Gasteiger partial charge is 0.234 e. The summed E-state index contributed by atoms with van der Waals surface area (Å²) in [5.41, 5.74) is 1.23. The number of aromatic nitrogens is 2.